The molecule has 0 aliphatic heterocycles. The van der Waals surface area contributed by atoms with E-state index in [1.807, 2.05) is 20.8 Å². The molecule has 1 atom stereocenters. The third-order valence-electron chi connectivity index (χ3n) is 2.68. The van der Waals surface area contributed by atoms with Crippen molar-refractivity contribution in [2.45, 2.75) is 33.2 Å². The second-order valence-corrected chi connectivity index (χ2v) is 5.47. The lowest BCUT2D eigenvalue weighted by Gasteiger charge is -2.26. The fourth-order valence-electron chi connectivity index (χ4n) is 1.33. The lowest BCUT2D eigenvalue weighted by atomic mass is 9.84. The molecule has 4 nitrogen and oxygen atoms in total. The van der Waals surface area contributed by atoms with Gasteiger partial charge in [-0.25, -0.2) is 0 Å². The van der Waals surface area contributed by atoms with Crippen LogP contribution in [0.5, 0.6) is 0 Å². The number of halogens is 1. The van der Waals surface area contributed by atoms with E-state index in [0.717, 1.165) is 0 Å². The number of hydrogen-bond donors (Lipinski definition) is 1. The smallest absolute Gasteiger partial charge is 0.183 e. The third kappa shape index (κ3) is 2.83. The summed E-state index contributed by atoms with van der Waals surface area (Å²) in [5.74, 6) is -0.0626. The van der Waals surface area contributed by atoms with Gasteiger partial charge in [-0.3, -0.25) is 9.48 Å². The number of aromatic nitrogens is 2. The molecule has 0 aromatic carbocycles. The predicted octanol–water partition coefficient (Wildman–Crippen LogP) is 2.02. The molecule has 1 aromatic rings. The normalized spacial score (nSPS) is 13.9. The molecule has 90 valence electrons. The van der Waals surface area contributed by atoms with Crippen LogP contribution in [0.3, 0.4) is 0 Å². The fourth-order valence-corrected chi connectivity index (χ4v) is 1.60. The van der Waals surface area contributed by atoms with Gasteiger partial charge in [0.05, 0.1) is 11.2 Å². The van der Waals surface area contributed by atoms with Crippen LogP contribution >= 0.6 is 11.6 Å². The summed E-state index contributed by atoms with van der Waals surface area (Å²) in [4.78, 5) is 12.0. The van der Waals surface area contributed by atoms with Gasteiger partial charge in [-0.1, -0.05) is 32.4 Å². The molecule has 1 heterocycles. The summed E-state index contributed by atoms with van der Waals surface area (Å²) in [5, 5.41) is 4.31. The van der Waals surface area contributed by atoms with Gasteiger partial charge in [0.2, 0.25) is 0 Å². The van der Waals surface area contributed by atoms with Gasteiger partial charge in [-0.2, -0.15) is 5.10 Å². The lowest BCUT2D eigenvalue weighted by molar-refractivity contribution is 0.0944. The number of Topliss-reactive ketones (excluding diaryl/α,β-unsaturated/α-hetero) is 1. The summed E-state index contributed by atoms with van der Waals surface area (Å²) in [5.41, 5.74) is 6.30. The van der Waals surface area contributed by atoms with Crippen molar-refractivity contribution in [1.29, 1.82) is 0 Å². The van der Waals surface area contributed by atoms with Crippen LogP contribution < -0.4 is 5.73 Å². The molecule has 1 unspecified atom stereocenters. The molecule has 0 fully saturated rings. The second kappa shape index (κ2) is 4.55. The number of carbonyl (C=O) groups is 1. The Balaban J connectivity index is 2.82. The highest BCUT2D eigenvalue weighted by molar-refractivity contribution is 6.33. The monoisotopic (exact) mass is 243 g/mol. The molecule has 0 amide bonds. The summed E-state index contributed by atoms with van der Waals surface area (Å²) in [6.45, 7) is 6.03. The standard InChI is InChI=1S/C11H18ClN3O/c1-11(2,3)9(13)5-8(16)10-7(12)6-14-15(10)4/h6,9H,5,13H2,1-4H3. The number of aryl methyl sites for hydroxylation is 1. The molecule has 0 aliphatic rings. The van der Waals surface area contributed by atoms with Gasteiger partial charge < -0.3 is 5.73 Å². The molecule has 0 aliphatic carbocycles. The average Bonchev–Trinajstić information content (AvgIpc) is 2.44. The Hall–Kier alpha value is -0.870. The third-order valence-corrected chi connectivity index (χ3v) is 2.95. The Bertz CT molecular complexity index is 373. The minimum absolute atomic E-state index is 0.0626. The molecular weight excluding hydrogens is 226 g/mol. The van der Waals surface area contributed by atoms with Crippen molar-refractivity contribution >= 4 is 17.4 Å². The number of ketones is 1. The largest absolute Gasteiger partial charge is 0.327 e. The van der Waals surface area contributed by atoms with Crippen LogP contribution in [0.25, 0.3) is 0 Å². The maximum Gasteiger partial charge on any atom is 0.183 e. The van der Waals surface area contributed by atoms with Crippen LogP contribution in [0.15, 0.2) is 6.20 Å². The number of carbonyl (C=O) groups excluding carboxylic acids is 1. The first kappa shape index (κ1) is 13.2. The molecule has 1 aromatic heterocycles. The molecule has 1 rings (SSSR count). The Morgan fingerprint density at radius 1 is 1.62 bits per heavy atom. The highest BCUT2D eigenvalue weighted by Gasteiger charge is 2.25. The topological polar surface area (TPSA) is 60.9 Å². The quantitative estimate of drug-likeness (QED) is 0.827. The first-order valence-corrected chi connectivity index (χ1v) is 5.57. The van der Waals surface area contributed by atoms with Crippen LogP contribution in [0.1, 0.15) is 37.7 Å². The van der Waals surface area contributed by atoms with Gasteiger partial charge in [0.15, 0.2) is 5.78 Å². The molecule has 0 saturated heterocycles. The highest BCUT2D eigenvalue weighted by atomic mass is 35.5. The number of nitrogens with zero attached hydrogens (tertiary/aromatic N) is 2. The Kier molecular flexibility index (Phi) is 3.76. The van der Waals surface area contributed by atoms with Crippen LogP contribution in [0.2, 0.25) is 5.02 Å². The molecule has 2 N–H and O–H groups in total. The van der Waals surface area contributed by atoms with Gasteiger partial charge in [-0.05, 0) is 5.41 Å². The summed E-state index contributed by atoms with van der Waals surface area (Å²) >= 11 is 5.89. The Labute approximate surface area is 101 Å². The SMILES string of the molecule is Cn1ncc(Cl)c1C(=O)CC(N)C(C)(C)C. The summed E-state index contributed by atoms with van der Waals surface area (Å²) in [6.07, 6.45) is 1.75. The molecule has 16 heavy (non-hydrogen) atoms. The van der Waals surface area contributed by atoms with Crippen molar-refractivity contribution in [1.82, 2.24) is 9.78 Å². The number of nitrogens with two attached hydrogens (primary N) is 1. The Morgan fingerprint density at radius 2 is 2.19 bits per heavy atom. The first-order chi connectivity index (χ1) is 7.23. The van der Waals surface area contributed by atoms with Gasteiger partial charge in [-0.15, -0.1) is 0 Å². The maximum absolute atomic E-state index is 12.0. The minimum atomic E-state index is -0.189. The van der Waals surface area contributed by atoms with Gasteiger partial charge in [0, 0.05) is 19.5 Å². The fraction of sp³-hybridized carbons (Fsp3) is 0.636. The zero-order chi connectivity index (χ0) is 12.5. The first-order valence-electron chi connectivity index (χ1n) is 5.19. The van der Waals surface area contributed by atoms with Gasteiger partial charge in [0.1, 0.15) is 5.69 Å². The van der Waals surface area contributed by atoms with Crippen molar-refractivity contribution in [3.63, 3.8) is 0 Å². The number of hydrogen-bond acceptors (Lipinski definition) is 3. The van der Waals surface area contributed by atoms with Crippen LogP contribution in [0.4, 0.5) is 0 Å². The van der Waals surface area contributed by atoms with Crippen LogP contribution in [-0.4, -0.2) is 21.6 Å². The number of rotatable bonds is 3. The molecule has 0 radical (unpaired) electrons. The molecule has 0 saturated carbocycles. The summed E-state index contributed by atoms with van der Waals surface area (Å²) in [7, 11) is 1.70. The zero-order valence-corrected chi connectivity index (χ0v) is 10.9. The van der Waals surface area contributed by atoms with Gasteiger partial charge >= 0.3 is 0 Å². The van der Waals surface area contributed by atoms with E-state index in [0.29, 0.717) is 10.7 Å². The predicted molar refractivity (Wildman–Crippen MR) is 64.6 cm³/mol. The van der Waals surface area contributed by atoms with Crippen LogP contribution in [0, 0.1) is 5.41 Å². The van der Waals surface area contributed by atoms with Crippen molar-refractivity contribution in [2.75, 3.05) is 0 Å². The molecular formula is C11H18ClN3O. The van der Waals surface area contributed by atoms with E-state index in [4.69, 9.17) is 17.3 Å². The zero-order valence-electron chi connectivity index (χ0n) is 10.1. The lowest BCUT2D eigenvalue weighted by Crippen LogP contribution is -2.37. The van der Waals surface area contributed by atoms with E-state index in [1.54, 1.807) is 7.05 Å². The van der Waals surface area contributed by atoms with E-state index in [-0.39, 0.29) is 23.7 Å². The van der Waals surface area contributed by atoms with E-state index in [2.05, 4.69) is 5.10 Å². The average molecular weight is 244 g/mol. The molecule has 0 spiro atoms. The van der Waals surface area contributed by atoms with Crippen LogP contribution in [-0.2, 0) is 7.05 Å². The van der Waals surface area contributed by atoms with E-state index in [1.165, 1.54) is 10.9 Å². The Morgan fingerprint density at radius 3 is 2.56 bits per heavy atom. The van der Waals surface area contributed by atoms with Crippen molar-refractivity contribution in [3.05, 3.63) is 16.9 Å². The highest BCUT2D eigenvalue weighted by Crippen LogP contribution is 2.23. The van der Waals surface area contributed by atoms with E-state index < -0.39 is 0 Å². The molecule has 0 bridgehead atoms. The van der Waals surface area contributed by atoms with E-state index >= 15 is 0 Å². The van der Waals surface area contributed by atoms with Crippen molar-refractivity contribution in [3.8, 4) is 0 Å². The molecule has 5 heteroatoms. The van der Waals surface area contributed by atoms with Gasteiger partial charge in [0.25, 0.3) is 0 Å². The summed E-state index contributed by atoms with van der Waals surface area (Å²) < 4.78 is 1.49. The summed E-state index contributed by atoms with van der Waals surface area (Å²) in [6, 6.07) is -0.189. The van der Waals surface area contributed by atoms with Crippen molar-refractivity contribution in [2.24, 2.45) is 18.2 Å². The second-order valence-electron chi connectivity index (χ2n) is 5.06. The van der Waals surface area contributed by atoms with Crippen molar-refractivity contribution < 1.29 is 4.79 Å². The maximum atomic E-state index is 12.0. The van der Waals surface area contributed by atoms with E-state index in [9.17, 15) is 4.79 Å². The minimum Gasteiger partial charge on any atom is -0.327 e.